The highest BCUT2D eigenvalue weighted by Gasteiger charge is 2.27. The van der Waals surface area contributed by atoms with E-state index in [2.05, 4.69) is 44.6 Å². The lowest BCUT2D eigenvalue weighted by molar-refractivity contribution is -0.120. The molecule has 1 amide bonds. The van der Waals surface area contributed by atoms with Crippen molar-refractivity contribution in [3.05, 3.63) is 47.8 Å². The molecule has 0 unspecified atom stereocenters. The summed E-state index contributed by atoms with van der Waals surface area (Å²) in [7, 11) is 3.61. The molecule has 0 aliphatic carbocycles. The Hall–Kier alpha value is -2.18. The average Bonchev–Trinajstić information content (AvgIpc) is 3.22. The van der Waals surface area contributed by atoms with E-state index in [1.165, 1.54) is 11.1 Å². The molecule has 2 aromatic rings. The van der Waals surface area contributed by atoms with Crippen LogP contribution in [-0.4, -0.2) is 84.4 Å². The Kier molecular flexibility index (Phi) is 8.88. The molecule has 1 aromatic heterocycles. The van der Waals surface area contributed by atoms with Gasteiger partial charge >= 0.3 is 0 Å². The highest BCUT2D eigenvalue weighted by Crippen LogP contribution is 2.16. The average molecular weight is 553 g/mol. The second kappa shape index (κ2) is 11.6. The molecule has 1 N–H and O–H groups in total. The second-order valence-electron chi connectivity index (χ2n) is 7.94. The molecule has 9 nitrogen and oxygen atoms in total. The normalized spacial score (nSPS) is 17.9. The molecule has 174 valence electrons. The summed E-state index contributed by atoms with van der Waals surface area (Å²) in [6, 6.07) is 8.68. The van der Waals surface area contributed by atoms with Gasteiger partial charge in [-0.2, -0.15) is 5.10 Å². The van der Waals surface area contributed by atoms with Gasteiger partial charge in [-0.25, -0.2) is 0 Å². The second-order valence-corrected chi connectivity index (χ2v) is 7.94. The van der Waals surface area contributed by atoms with Gasteiger partial charge in [-0.3, -0.25) is 19.4 Å². The number of aromatic nitrogens is 2. The van der Waals surface area contributed by atoms with Crippen molar-refractivity contribution >= 4 is 41.5 Å². The number of piperazine rings is 1. The summed E-state index contributed by atoms with van der Waals surface area (Å²) in [6.45, 7) is 6.88. The number of hydrogen-bond donors (Lipinski definition) is 1. The maximum Gasteiger partial charge on any atom is 0.246 e. The minimum Gasteiger partial charge on any atom is -0.379 e. The van der Waals surface area contributed by atoms with Gasteiger partial charge in [0, 0.05) is 59.6 Å². The summed E-state index contributed by atoms with van der Waals surface area (Å²) in [5.41, 5.74) is 3.34. The van der Waals surface area contributed by atoms with Gasteiger partial charge in [0.05, 0.1) is 25.1 Å². The number of carbonyl (C=O) groups is 1. The van der Waals surface area contributed by atoms with Gasteiger partial charge < -0.3 is 19.9 Å². The smallest absolute Gasteiger partial charge is 0.246 e. The van der Waals surface area contributed by atoms with Crippen LogP contribution >= 0.6 is 24.0 Å². The van der Waals surface area contributed by atoms with Crippen molar-refractivity contribution in [1.82, 2.24) is 24.9 Å². The summed E-state index contributed by atoms with van der Waals surface area (Å²) in [6.07, 6.45) is 3.59. The van der Waals surface area contributed by atoms with Gasteiger partial charge in [0.2, 0.25) is 5.91 Å². The molecule has 2 aliphatic rings. The fraction of sp³-hybridized carbons (Fsp3) is 0.500. The van der Waals surface area contributed by atoms with E-state index < -0.39 is 0 Å². The Morgan fingerprint density at radius 1 is 1.12 bits per heavy atom. The SMILES string of the molecule is CN=C(NCc1ccc(CN2CCOCC2)cc1)N1CCN(c2cnn(C)c2)C(=O)C1.I. The lowest BCUT2D eigenvalue weighted by atomic mass is 10.1. The number of rotatable bonds is 5. The van der Waals surface area contributed by atoms with Crippen molar-refractivity contribution < 1.29 is 9.53 Å². The standard InChI is InChI=1S/C22H31N7O2.HI/c1-23-22(28-7-8-29(21(30)17-28)20-14-25-26(2)16-20)24-13-18-3-5-19(6-4-18)15-27-9-11-31-12-10-27;/h3-6,14,16H,7-13,15,17H2,1-2H3,(H,23,24);1H. The zero-order valence-corrected chi connectivity index (χ0v) is 21.1. The number of nitrogens with one attached hydrogen (secondary N) is 1. The molecule has 0 radical (unpaired) electrons. The predicted molar refractivity (Wildman–Crippen MR) is 135 cm³/mol. The van der Waals surface area contributed by atoms with Crippen molar-refractivity contribution in [3.63, 3.8) is 0 Å². The van der Waals surface area contributed by atoms with Crippen LogP contribution in [0, 0.1) is 0 Å². The van der Waals surface area contributed by atoms with Gasteiger partial charge in [0.15, 0.2) is 5.96 Å². The molecule has 0 spiro atoms. The maximum absolute atomic E-state index is 12.7. The molecule has 32 heavy (non-hydrogen) atoms. The fourth-order valence-electron chi connectivity index (χ4n) is 3.97. The number of nitrogens with zero attached hydrogens (tertiary/aromatic N) is 6. The highest BCUT2D eigenvalue weighted by atomic mass is 127. The summed E-state index contributed by atoms with van der Waals surface area (Å²) >= 11 is 0. The van der Waals surface area contributed by atoms with Crippen molar-refractivity contribution in [2.24, 2.45) is 12.0 Å². The number of ether oxygens (including phenoxy) is 1. The number of morpholine rings is 1. The minimum atomic E-state index is 0. The first-order valence-corrected chi connectivity index (χ1v) is 10.7. The topological polar surface area (TPSA) is 78.2 Å². The molecule has 2 saturated heterocycles. The van der Waals surface area contributed by atoms with E-state index in [0.29, 0.717) is 19.6 Å². The molecular formula is C22H32IN7O2. The van der Waals surface area contributed by atoms with E-state index in [0.717, 1.165) is 51.0 Å². The zero-order chi connectivity index (χ0) is 21.6. The number of amides is 1. The van der Waals surface area contributed by atoms with Crippen LogP contribution in [0.1, 0.15) is 11.1 Å². The molecule has 1 aromatic carbocycles. The Labute approximate surface area is 206 Å². The van der Waals surface area contributed by atoms with Crippen LogP contribution in [0.4, 0.5) is 5.69 Å². The summed E-state index contributed by atoms with van der Waals surface area (Å²) in [4.78, 5) is 23.2. The number of aliphatic imine (C=N–C) groups is 1. The van der Waals surface area contributed by atoms with Crippen LogP contribution in [0.5, 0.6) is 0 Å². The van der Waals surface area contributed by atoms with Gasteiger partial charge in [-0.05, 0) is 11.1 Å². The quantitative estimate of drug-likeness (QED) is 0.342. The summed E-state index contributed by atoms with van der Waals surface area (Å²) in [5.74, 6) is 0.797. The van der Waals surface area contributed by atoms with Gasteiger partial charge in [-0.1, -0.05) is 24.3 Å². The molecule has 0 bridgehead atoms. The molecular weight excluding hydrogens is 521 g/mol. The predicted octanol–water partition coefficient (Wildman–Crippen LogP) is 1.29. The van der Waals surface area contributed by atoms with Crippen molar-refractivity contribution in [1.29, 1.82) is 0 Å². The third-order valence-corrected chi connectivity index (χ3v) is 5.72. The monoisotopic (exact) mass is 553 g/mol. The number of carbonyl (C=O) groups excluding carboxylic acids is 1. The first kappa shape index (κ1) is 24.5. The minimum absolute atomic E-state index is 0. The van der Waals surface area contributed by atoms with Crippen molar-refractivity contribution in [2.45, 2.75) is 13.1 Å². The van der Waals surface area contributed by atoms with E-state index in [4.69, 9.17) is 4.74 Å². The number of anilines is 1. The lowest BCUT2D eigenvalue weighted by Gasteiger charge is -2.35. The zero-order valence-electron chi connectivity index (χ0n) is 18.7. The number of benzene rings is 1. The number of halogens is 1. The first-order valence-electron chi connectivity index (χ1n) is 10.7. The Bertz CT molecular complexity index is 909. The third kappa shape index (κ3) is 6.20. The summed E-state index contributed by atoms with van der Waals surface area (Å²) in [5, 5.41) is 7.56. The largest absolute Gasteiger partial charge is 0.379 e. The van der Waals surface area contributed by atoms with E-state index in [1.54, 1.807) is 22.8 Å². The molecule has 0 saturated carbocycles. The third-order valence-electron chi connectivity index (χ3n) is 5.72. The summed E-state index contributed by atoms with van der Waals surface area (Å²) < 4.78 is 7.12. The molecule has 0 atom stereocenters. The van der Waals surface area contributed by atoms with Crippen LogP contribution in [-0.2, 0) is 29.7 Å². The lowest BCUT2D eigenvalue weighted by Crippen LogP contribution is -2.55. The van der Waals surface area contributed by atoms with Crippen LogP contribution in [0.3, 0.4) is 0 Å². The molecule has 10 heteroatoms. The fourth-order valence-corrected chi connectivity index (χ4v) is 3.97. The Morgan fingerprint density at radius 2 is 1.84 bits per heavy atom. The van der Waals surface area contributed by atoms with Gasteiger partial charge in [0.25, 0.3) is 0 Å². The highest BCUT2D eigenvalue weighted by molar-refractivity contribution is 14.0. The van der Waals surface area contributed by atoms with E-state index >= 15 is 0 Å². The molecule has 2 aliphatic heterocycles. The Morgan fingerprint density at radius 3 is 2.47 bits per heavy atom. The van der Waals surface area contributed by atoms with Crippen molar-refractivity contribution in [2.75, 3.05) is 57.9 Å². The van der Waals surface area contributed by atoms with E-state index in [1.807, 2.05) is 18.1 Å². The number of hydrogen-bond acceptors (Lipinski definition) is 5. The molecule has 2 fully saturated rings. The number of aryl methyl sites for hydroxylation is 1. The molecule has 3 heterocycles. The van der Waals surface area contributed by atoms with E-state index in [-0.39, 0.29) is 29.9 Å². The molecule has 4 rings (SSSR count). The van der Waals surface area contributed by atoms with Crippen LogP contribution in [0.15, 0.2) is 41.7 Å². The van der Waals surface area contributed by atoms with Crippen LogP contribution < -0.4 is 10.2 Å². The van der Waals surface area contributed by atoms with Crippen LogP contribution in [0.2, 0.25) is 0 Å². The number of guanidine groups is 1. The maximum atomic E-state index is 12.7. The van der Waals surface area contributed by atoms with Gasteiger partial charge in [0.1, 0.15) is 6.54 Å². The van der Waals surface area contributed by atoms with Crippen LogP contribution in [0.25, 0.3) is 0 Å². The van der Waals surface area contributed by atoms with Gasteiger partial charge in [-0.15, -0.1) is 24.0 Å². The van der Waals surface area contributed by atoms with Crippen molar-refractivity contribution in [3.8, 4) is 0 Å². The first-order chi connectivity index (χ1) is 15.1. The van der Waals surface area contributed by atoms with E-state index in [9.17, 15) is 4.79 Å². The Balaban J connectivity index is 0.00000289.